The van der Waals surface area contributed by atoms with Gasteiger partial charge in [-0.05, 0) is 13.8 Å². The molecular formula is C13H16ClN5O3. The van der Waals surface area contributed by atoms with Crippen LogP contribution in [-0.2, 0) is 4.74 Å². The number of aryl methyl sites for hydroxylation is 1. The topological polar surface area (TPSA) is 86.4 Å². The first-order valence-electron chi connectivity index (χ1n) is 6.84. The van der Waals surface area contributed by atoms with Gasteiger partial charge in [0.1, 0.15) is 5.02 Å². The van der Waals surface area contributed by atoms with Gasteiger partial charge in [0.15, 0.2) is 17.7 Å². The normalized spacial score (nSPS) is 21.9. The highest BCUT2D eigenvalue weighted by atomic mass is 35.5. The summed E-state index contributed by atoms with van der Waals surface area (Å²) in [6, 6.07) is 0.267. The number of methoxy groups -OCH3 is 1. The minimum Gasteiger partial charge on any atom is -0.467 e. The summed E-state index contributed by atoms with van der Waals surface area (Å²) < 4.78 is 16.1. The molecule has 0 amide bonds. The molecule has 2 atom stereocenters. The van der Waals surface area contributed by atoms with Crippen molar-refractivity contribution < 1.29 is 14.0 Å². The number of morpholine rings is 1. The van der Waals surface area contributed by atoms with Crippen LogP contribution in [0.1, 0.15) is 24.7 Å². The highest BCUT2D eigenvalue weighted by molar-refractivity contribution is 6.32. The van der Waals surface area contributed by atoms with E-state index in [1.165, 1.54) is 13.3 Å². The van der Waals surface area contributed by atoms with E-state index in [-0.39, 0.29) is 18.2 Å². The van der Waals surface area contributed by atoms with Gasteiger partial charge in [0, 0.05) is 6.54 Å². The molecule has 2 aromatic rings. The summed E-state index contributed by atoms with van der Waals surface area (Å²) in [5.41, 5.74) is 0. The lowest BCUT2D eigenvalue weighted by Gasteiger charge is -2.36. The molecule has 0 radical (unpaired) electrons. The minimum atomic E-state index is -0.332. The number of rotatable bonds is 3. The van der Waals surface area contributed by atoms with Crippen molar-refractivity contribution >= 4 is 17.4 Å². The predicted molar refractivity (Wildman–Crippen MR) is 78.1 cm³/mol. The lowest BCUT2D eigenvalue weighted by Crippen LogP contribution is -2.43. The number of anilines is 1. The fourth-order valence-electron chi connectivity index (χ4n) is 2.37. The van der Waals surface area contributed by atoms with Crippen molar-refractivity contribution in [3.63, 3.8) is 0 Å². The quantitative estimate of drug-likeness (QED) is 0.844. The van der Waals surface area contributed by atoms with Gasteiger partial charge >= 0.3 is 6.01 Å². The Morgan fingerprint density at radius 1 is 1.36 bits per heavy atom. The summed E-state index contributed by atoms with van der Waals surface area (Å²) >= 11 is 6.22. The van der Waals surface area contributed by atoms with E-state index in [9.17, 15) is 0 Å². The van der Waals surface area contributed by atoms with Gasteiger partial charge in [-0.2, -0.15) is 9.97 Å². The van der Waals surface area contributed by atoms with E-state index in [0.717, 1.165) is 0 Å². The minimum absolute atomic E-state index is 0.0389. The first-order valence-corrected chi connectivity index (χ1v) is 7.21. The van der Waals surface area contributed by atoms with Crippen LogP contribution < -0.4 is 9.64 Å². The molecule has 0 N–H and O–H groups in total. The third kappa shape index (κ3) is 2.97. The third-order valence-electron chi connectivity index (χ3n) is 3.26. The second-order valence-electron chi connectivity index (χ2n) is 5.05. The standard InChI is InChI=1S/C13H16ClN5O3/c1-7-5-19(11-9(14)4-15-13(17-11)20-3)6-10(21-7)12-16-8(2)18-22-12/h4,7,10H,5-6H2,1-3H3/t7-,10-/m1/s1. The summed E-state index contributed by atoms with van der Waals surface area (Å²) in [4.78, 5) is 14.5. The molecule has 0 spiro atoms. The van der Waals surface area contributed by atoms with E-state index in [2.05, 4.69) is 20.1 Å². The summed E-state index contributed by atoms with van der Waals surface area (Å²) in [7, 11) is 1.51. The molecule has 3 heterocycles. The SMILES string of the molecule is COc1ncc(Cl)c(N2C[C@@H](C)O[C@@H](c3nc(C)no3)C2)n1. The molecule has 1 saturated heterocycles. The lowest BCUT2D eigenvalue weighted by atomic mass is 10.2. The molecular weight excluding hydrogens is 310 g/mol. The largest absolute Gasteiger partial charge is 0.467 e. The zero-order chi connectivity index (χ0) is 15.7. The summed E-state index contributed by atoms with van der Waals surface area (Å²) in [5, 5.41) is 4.26. The maximum atomic E-state index is 6.22. The second-order valence-corrected chi connectivity index (χ2v) is 5.46. The van der Waals surface area contributed by atoms with E-state index >= 15 is 0 Å². The number of hydrogen-bond donors (Lipinski definition) is 0. The first kappa shape index (κ1) is 15.0. The van der Waals surface area contributed by atoms with Crippen LogP contribution in [0.25, 0.3) is 0 Å². The van der Waals surface area contributed by atoms with Crippen LogP contribution in [0.5, 0.6) is 6.01 Å². The Morgan fingerprint density at radius 2 is 2.18 bits per heavy atom. The van der Waals surface area contributed by atoms with Crippen molar-refractivity contribution in [1.29, 1.82) is 0 Å². The molecule has 8 nitrogen and oxygen atoms in total. The maximum absolute atomic E-state index is 6.22. The number of aromatic nitrogens is 4. The average molecular weight is 326 g/mol. The summed E-state index contributed by atoms with van der Waals surface area (Å²) in [6.07, 6.45) is 1.15. The molecule has 9 heteroatoms. The molecule has 1 aliphatic heterocycles. The van der Waals surface area contributed by atoms with Crippen LogP contribution in [0.4, 0.5) is 5.82 Å². The molecule has 0 saturated carbocycles. The van der Waals surface area contributed by atoms with Crippen LogP contribution in [0, 0.1) is 6.92 Å². The van der Waals surface area contributed by atoms with Gasteiger partial charge in [-0.25, -0.2) is 4.98 Å². The zero-order valence-electron chi connectivity index (χ0n) is 12.5. The van der Waals surface area contributed by atoms with Crippen LogP contribution in [0.15, 0.2) is 10.7 Å². The average Bonchev–Trinajstić information content (AvgIpc) is 2.94. The van der Waals surface area contributed by atoms with Gasteiger partial charge in [0.05, 0.1) is 26.0 Å². The molecule has 118 valence electrons. The Labute approximate surface area is 132 Å². The second kappa shape index (κ2) is 6.05. The van der Waals surface area contributed by atoms with Crippen LogP contribution >= 0.6 is 11.6 Å². The van der Waals surface area contributed by atoms with Gasteiger partial charge in [-0.1, -0.05) is 16.8 Å². The highest BCUT2D eigenvalue weighted by Gasteiger charge is 2.32. The number of hydrogen-bond acceptors (Lipinski definition) is 8. The van der Waals surface area contributed by atoms with Gasteiger partial charge in [0.2, 0.25) is 0 Å². The van der Waals surface area contributed by atoms with Gasteiger partial charge in [-0.15, -0.1) is 0 Å². The van der Waals surface area contributed by atoms with Gasteiger partial charge in [-0.3, -0.25) is 0 Å². The van der Waals surface area contributed by atoms with Crippen molar-refractivity contribution in [1.82, 2.24) is 20.1 Å². The van der Waals surface area contributed by atoms with Crippen molar-refractivity contribution in [2.75, 3.05) is 25.1 Å². The van der Waals surface area contributed by atoms with Gasteiger partial charge in [0.25, 0.3) is 5.89 Å². The monoisotopic (exact) mass is 325 g/mol. The molecule has 0 unspecified atom stereocenters. The molecule has 2 aromatic heterocycles. The summed E-state index contributed by atoms with van der Waals surface area (Å²) in [6.45, 7) is 4.88. The van der Waals surface area contributed by atoms with Crippen molar-refractivity contribution in [2.45, 2.75) is 26.1 Å². The highest BCUT2D eigenvalue weighted by Crippen LogP contribution is 2.31. The third-order valence-corrected chi connectivity index (χ3v) is 3.53. The van der Waals surface area contributed by atoms with E-state index in [0.29, 0.717) is 35.6 Å². The Morgan fingerprint density at radius 3 is 2.86 bits per heavy atom. The lowest BCUT2D eigenvalue weighted by molar-refractivity contribution is -0.0334. The van der Waals surface area contributed by atoms with E-state index in [1.807, 2.05) is 11.8 Å². The Kier molecular flexibility index (Phi) is 4.12. The van der Waals surface area contributed by atoms with Crippen LogP contribution in [0.3, 0.4) is 0 Å². The zero-order valence-corrected chi connectivity index (χ0v) is 13.2. The molecule has 0 aliphatic carbocycles. The maximum Gasteiger partial charge on any atom is 0.318 e. The fraction of sp³-hybridized carbons (Fsp3) is 0.538. The Hall–Kier alpha value is -1.93. The Balaban J connectivity index is 1.87. The molecule has 0 aromatic carbocycles. The van der Waals surface area contributed by atoms with E-state index in [4.69, 9.17) is 25.6 Å². The van der Waals surface area contributed by atoms with E-state index in [1.54, 1.807) is 6.92 Å². The number of nitrogens with zero attached hydrogens (tertiary/aromatic N) is 5. The van der Waals surface area contributed by atoms with Crippen molar-refractivity contribution in [3.05, 3.63) is 22.9 Å². The van der Waals surface area contributed by atoms with Crippen LogP contribution in [0.2, 0.25) is 5.02 Å². The smallest absolute Gasteiger partial charge is 0.318 e. The first-order chi connectivity index (χ1) is 10.6. The van der Waals surface area contributed by atoms with Crippen molar-refractivity contribution in [2.24, 2.45) is 0 Å². The van der Waals surface area contributed by atoms with Crippen molar-refractivity contribution in [3.8, 4) is 6.01 Å². The molecule has 1 aliphatic rings. The Bertz CT molecular complexity index is 665. The van der Waals surface area contributed by atoms with E-state index < -0.39 is 0 Å². The molecule has 0 bridgehead atoms. The predicted octanol–water partition coefficient (Wildman–Crippen LogP) is 1.80. The molecule has 1 fully saturated rings. The fourth-order valence-corrected chi connectivity index (χ4v) is 2.58. The van der Waals surface area contributed by atoms with Crippen LogP contribution in [-0.4, -0.2) is 46.4 Å². The number of halogens is 1. The van der Waals surface area contributed by atoms with Gasteiger partial charge < -0.3 is 18.9 Å². The number of ether oxygens (including phenoxy) is 2. The molecule has 3 rings (SSSR count). The summed E-state index contributed by atoms with van der Waals surface area (Å²) in [5.74, 6) is 1.63. The molecule has 22 heavy (non-hydrogen) atoms.